The van der Waals surface area contributed by atoms with Crippen molar-refractivity contribution in [3.63, 3.8) is 0 Å². The number of carbonyl (C=O) groups is 1. The Morgan fingerprint density at radius 2 is 1.52 bits per heavy atom. The molecule has 0 aromatic heterocycles. The third kappa shape index (κ3) is 3.00. The molecule has 6 heteroatoms. The Labute approximate surface area is 135 Å². The lowest BCUT2D eigenvalue weighted by Crippen LogP contribution is -2.63. The molecular weight excluding hydrogens is 312 g/mol. The lowest BCUT2D eigenvalue weighted by molar-refractivity contribution is -0.123. The maximum atomic E-state index is 12.5. The summed E-state index contributed by atoms with van der Waals surface area (Å²) < 4.78 is 25.0. The van der Waals surface area contributed by atoms with Crippen LogP contribution in [0.3, 0.4) is 0 Å². The lowest BCUT2D eigenvalue weighted by Gasteiger charge is -2.42. The smallest absolute Gasteiger partial charge is 0.244 e. The summed E-state index contributed by atoms with van der Waals surface area (Å²) >= 11 is 0. The SMILES string of the molecule is NC1(C(=O)Nc2ccccc2)CC(S(=O)(=O)c2ccccc2)C1. The molecule has 1 fully saturated rings. The number of hydrogen-bond donors (Lipinski definition) is 2. The van der Waals surface area contributed by atoms with Crippen LogP contribution < -0.4 is 11.1 Å². The number of rotatable bonds is 4. The summed E-state index contributed by atoms with van der Waals surface area (Å²) in [4.78, 5) is 12.6. The van der Waals surface area contributed by atoms with Gasteiger partial charge in [-0.25, -0.2) is 8.42 Å². The van der Waals surface area contributed by atoms with E-state index in [0.717, 1.165) is 0 Å². The van der Waals surface area contributed by atoms with Crippen LogP contribution in [0.1, 0.15) is 12.8 Å². The first kappa shape index (κ1) is 15.7. The fourth-order valence-corrected chi connectivity index (χ4v) is 4.69. The molecule has 2 aromatic rings. The van der Waals surface area contributed by atoms with Crippen molar-refractivity contribution in [3.8, 4) is 0 Å². The number of sulfone groups is 1. The molecule has 0 bridgehead atoms. The van der Waals surface area contributed by atoms with Gasteiger partial charge in [-0.3, -0.25) is 4.79 Å². The molecule has 0 saturated heterocycles. The average molecular weight is 330 g/mol. The summed E-state index contributed by atoms with van der Waals surface area (Å²) in [7, 11) is -3.44. The second kappa shape index (κ2) is 5.79. The van der Waals surface area contributed by atoms with Gasteiger partial charge in [-0.15, -0.1) is 0 Å². The second-order valence-corrected chi connectivity index (χ2v) is 8.09. The van der Waals surface area contributed by atoms with Gasteiger partial charge in [0.25, 0.3) is 0 Å². The van der Waals surface area contributed by atoms with Gasteiger partial charge in [0, 0.05) is 5.69 Å². The summed E-state index contributed by atoms with van der Waals surface area (Å²) in [6.07, 6.45) is 0.256. The van der Waals surface area contributed by atoms with Gasteiger partial charge in [-0.1, -0.05) is 36.4 Å². The number of carbonyl (C=O) groups excluding carboxylic acids is 1. The summed E-state index contributed by atoms with van der Waals surface area (Å²) in [6, 6.07) is 17.2. The minimum atomic E-state index is -3.44. The van der Waals surface area contributed by atoms with Crippen molar-refractivity contribution < 1.29 is 13.2 Å². The van der Waals surface area contributed by atoms with Gasteiger partial charge in [-0.05, 0) is 37.1 Å². The number of amides is 1. The van der Waals surface area contributed by atoms with E-state index in [1.807, 2.05) is 18.2 Å². The monoisotopic (exact) mass is 330 g/mol. The molecule has 0 heterocycles. The van der Waals surface area contributed by atoms with E-state index in [9.17, 15) is 13.2 Å². The average Bonchev–Trinajstić information content (AvgIpc) is 2.53. The highest BCUT2D eigenvalue weighted by Crippen LogP contribution is 2.38. The van der Waals surface area contributed by atoms with Crippen molar-refractivity contribution in [2.75, 3.05) is 5.32 Å². The fraction of sp³-hybridized carbons (Fsp3) is 0.235. The van der Waals surface area contributed by atoms with Crippen LogP contribution in [0.4, 0.5) is 5.69 Å². The molecule has 0 atom stereocenters. The maximum absolute atomic E-state index is 12.5. The summed E-state index contributed by atoms with van der Waals surface area (Å²) in [5.74, 6) is -0.344. The van der Waals surface area contributed by atoms with E-state index in [1.54, 1.807) is 42.5 Å². The van der Waals surface area contributed by atoms with E-state index in [1.165, 1.54) is 0 Å². The van der Waals surface area contributed by atoms with Gasteiger partial charge in [0.2, 0.25) is 5.91 Å². The molecule has 2 aromatic carbocycles. The third-order valence-electron chi connectivity index (χ3n) is 4.18. The Morgan fingerprint density at radius 1 is 1.00 bits per heavy atom. The Morgan fingerprint density at radius 3 is 2.09 bits per heavy atom. The molecule has 23 heavy (non-hydrogen) atoms. The van der Waals surface area contributed by atoms with Crippen LogP contribution in [0.5, 0.6) is 0 Å². The minimum absolute atomic E-state index is 0.128. The highest BCUT2D eigenvalue weighted by Gasteiger charge is 2.52. The predicted molar refractivity (Wildman–Crippen MR) is 88.6 cm³/mol. The molecule has 120 valence electrons. The highest BCUT2D eigenvalue weighted by atomic mass is 32.2. The number of hydrogen-bond acceptors (Lipinski definition) is 4. The van der Waals surface area contributed by atoms with Crippen LogP contribution in [0, 0.1) is 0 Å². The zero-order valence-corrected chi connectivity index (χ0v) is 13.3. The predicted octanol–water partition coefficient (Wildman–Crippen LogP) is 1.96. The number of nitrogens with two attached hydrogens (primary N) is 1. The van der Waals surface area contributed by atoms with Crippen molar-refractivity contribution in [2.24, 2.45) is 5.73 Å². The Balaban J connectivity index is 1.69. The fourth-order valence-electron chi connectivity index (χ4n) is 2.74. The van der Waals surface area contributed by atoms with E-state index in [4.69, 9.17) is 5.73 Å². The number of benzene rings is 2. The molecule has 0 aliphatic heterocycles. The van der Waals surface area contributed by atoms with Crippen LogP contribution in [-0.4, -0.2) is 25.1 Å². The first-order valence-electron chi connectivity index (χ1n) is 7.36. The zero-order chi connectivity index (χ0) is 16.5. The van der Waals surface area contributed by atoms with Crippen molar-refractivity contribution in [2.45, 2.75) is 28.5 Å². The topological polar surface area (TPSA) is 89.3 Å². The van der Waals surface area contributed by atoms with Crippen molar-refractivity contribution in [3.05, 3.63) is 60.7 Å². The second-order valence-electron chi connectivity index (χ2n) is 5.86. The lowest BCUT2D eigenvalue weighted by atomic mass is 9.76. The summed E-state index contributed by atoms with van der Waals surface area (Å²) in [5.41, 5.74) is 5.60. The van der Waals surface area contributed by atoms with Crippen LogP contribution in [-0.2, 0) is 14.6 Å². The van der Waals surface area contributed by atoms with Crippen molar-refractivity contribution >= 4 is 21.4 Å². The molecule has 0 spiro atoms. The van der Waals surface area contributed by atoms with E-state index in [-0.39, 0.29) is 23.6 Å². The first-order chi connectivity index (χ1) is 10.9. The Hall–Kier alpha value is -2.18. The molecule has 1 aliphatic carbocycles. The molecule has 1 aliphatic rings. The molecular formula is C17H18N2O3S. The highest BCUT2D eigenvalue weighted by molar-refractivity contribution is 7.92. The molecule has 0 unspecified atom stereocenters. The number of anilines is 1. The van der Waals surface area contributed by atoms with Crippen molar-refractivity contribution in [1.82, 2.24) is 0 Å². The molecule has 1 amide bonds. The minimum Gasteiger partial charge on any atom is -0.324 e. The van der Waals surface area contributed by atoms with E-state index in [0.29, 0.717) is 5.69 Å². The van der Waals surface area contributed by atoms with E-state index < -0.39 is 20.6 Å². The van der Waals surface area contributed by atoms with Crippen LogP contribution >= 0.6 is 0 Å². The largest absolute Gasteiger partial charge is 0.324 e. The molecule has 1 saturated carbocycles. The summed E-state index contributed by atoms with van der Waals surface area (Å²) in [6.45, 7) is 0. The maximum Gasteiger partial charge on any atom is 0.244 e. The van der Waals surface area contributed by atoms with E-state index in [2.05, 4.69) is 5.32 Å². The first-order valence-corrected chi connectivity index (χ1v) is 8.91. The van der Waals surface area contributed by atoms with Gasteiger partial charge < -0.3 is 11.1 Å². The standard InChI is InChI=1S/C17H18N2O3S/c18-17(16(20)19-13-7-3-1-4-8-13)11-15(12-17)23(21,22)14-9-5-2-6-10-14/h1-10,15H,11-12,18H2,(H,19,20). The van der Waals surface area contributed by atoms with Crippen LogP contribution in [0.2, 0.25) is 0 Å². The van der Waals surface area contributed by atoms with Gasteiger partial charge >= 0.3 is 0 Å². The summed E-state index contributed by atoms with van der Waals surface area (Å²) in [5, 5.41) is 2.12. The number of nitrogens with one attached hydrogen (secondary N) is 1. The quantitative estimate of drug-likeness (QED) is 0.897. The van der Waals surface area contributed by atoms with E-state index >= 15 is 0 Å². The van der Waals surface area contributed by atoms with Gasteiger partial charge in [0.15, 0.2) is 9.84 Å². The molecule has 3 N–H and O–H groups in total. The van der Waals surface area contributed by atoms with Gasteiger partial charge in [0.1, 0.15) is 0 Å². The van der Waals surface area contributed by atoms with Gasteiger partial charge in [0.05, 0.1) is 15.7 Å². The zero-order valence-electron chi connectivity index (χ0n) is 12.5. The third-order valence-corrected chi connectivity index (χ3v) is 6.32. The van der Waals surface area contributed by atoms with Crippen LogP contribution in [0.15, 0.2) is 65.6 Å². The normalized spacial score (nSPS) is 23.8. The van der Waals surface area contributed by atoms with Gasteiger partial charge in [-0.2, -0.15) is 0 Å². The molecule has 0 radical (unpaired) electrons. The number of para-hydroxylation sites is 1. The Bertz CT molecular complexity index is 798. The molecule has 3 rings (SSSR count). The Kier molecular flexibility index (Phi) is 3.95. The van der Waals surface area contributed by atoms with Crippen LogP contribution in [0.25, 0.3) is 0 Å². The van der Waals surface area contributed by atoms with Crippen molar-refractivity contribution in [1.29, 1.82) is 0 Å². The molecule has 5 nitrogen and oxygen atoms in total.